The molecular formula is C15H18BrN3O2. The molecular weight excluding hydrogens is 334 g/mol. The van der Waals surface area contributed by atoms with Gasteiger partial charge in [-0.15, -0.1) is 0 Å². The van der Waals surface area contributed by atoms with E-state index in [2.05, 4.69) is 31.2 Å². The molecule has 5 nitrogen and oxygen atoms in total. The van der Waals surface area contributed by atoms with Crippen molar-refractivity contribution in [3.8, 4) is 11.3 Å². The normalized spacial score (nSPS) is 11.2. The van der Waals surface area contributed by atoms with E-state index < -0.39 is 11.7 Å². The lowest BCUT2D eigenvalue weighted by Gasteiger charge is -2.19. The van der Waals surface area contributed by atoms with Gasteiger partial charge in [0.1, 0.15) is 5.60 Å². The third-order valence-electron chi connectivity index (χ3n) is 2.64. The minimum atomic E-state index is -0.507. The molecule has 112 valence electrons. The van der Waals surface area contributed by atoms with Crippen molar-refractivity contribution in [2.45, 2.75) is 32.9 Å². The number of hydrogen-bond acceptors (Lipinski definition) is 3. The summed E-state index contributed by atoms with van der Waals surface area (Å²) in [4.78, 5) is 19.0. The van der Waals surface area contributed by atoms with Gasteiger partial charge in [-0.3, -0.25) is 0 Å². The lowest BCUT2D eigenvalue weighted by Crippen LogP contribution is -2.32. The highest BCUT2D eigenvalue weighted by Crippen LogP contribution is 2.22. The zero-order valence-corrected chi connectivity index (χ0v) is 13.8. The van der Waals surface area contributed by atoms with Crippen molar-refractivity contribution in [1.82, 2.24) is 15.3 Å². The molecule has 2 aromatic rings. The highest BCUT2D eigenvalue weighted by atomic mass is 79.9. The van der Waals surface area contributed by atoms with Gasteiger partial charge in [-0.2, -0.15) is 0 Å². The predicted octanol–water partition coefficient (Wildman–Crippen LogP) is 3.86. The van der Waals surface area contributed by atoms with E-state index in [1.807, 2.05) is 45.0 Å². The smallest absolute Gasteiger partial charge is 0.407 e. The molecule has 0 radical (unpaired) electrons. The van der Waals surface area contributed by atoms with Crippen molar-refractivity contribution in [3.63, 3.8) is 0 Å². The molecule has 0 saturated heterocycles. The van der Waals surface area contributed by atoms with Gasteiger partial charge in [-0.25, -0.2) is 9.78 Å². The van der Waals surface area contributed by atoms with Crippen molar-refractivity contribution < 1.29 is 9.53 Å². The Hall–Kier alpha value is -1.82. The third kappa shape index (κ3) is 4.60. The number of nitrogens with one attached hydrogen (secondary N) is 2. The first-order valence-corrected chi connectivity index (χ1v) is 7.39. The lowest BCUT2D eigenvalue weighted by atomic mass is 10.1. The summed E-state index contributed by atoms with van der Waals surface area (Å²) in [6, 6.07) is 7.85. The fraction of sp³-hybridized carbons (Fsp3) is 0.333. The van der Waals surface area contributed by atoms with Crippen LogP contribution < -0.4 is 5.32 Å². The van der Waals surface area contributed by atoms with Crippen molar-refractivity contribution in [2.75, 3.05) is 0 Å². The van der Waals surface area contributed by atoms with E-state index in [0.717, 1.165) is 21.4 Å². The molecule has 0 unspecified atom stereocenters. The number of ether oxygens (including phenoxy) is 1. The second-order valence-corrected chi connectivity index (χ2v) is 6.51. The van der Waals surface area contributed by atoms with Crippen LogP contribution in [0.3, 0.4) is 0 Å². The number of alkyl carbamates (subject to hydrolysis) is 1. The van der Waals surface area contributed by atoms with Crippen LogP contribution in [0, 0.1) is 0 Å². The van der Waals surface area contributed by atoms with Crippen LogP contribution in [0.15, 0.2) is 35.1 Å². The Morgan fingerprint density at radius 1 is 1.33 bits per heavy atom. The van der Waals surface area contributed by atoms with E-state index >= 15 is 0 Å². The Labute approximate surface area is 132 Å². The molecule has 1 aromatic heterocycles. The number of carbonyl (C=O) groups excluding carboxylic acids is 1. The predicted molar refractivity (Wildman–Crippen MR) is 84.8 cm³/mol. The Kier molecular flexibility index (Phi) is 4.67. The number of H-pyrrole nitrogens is 1. The number of aromatic amines is 1. The van der Waals surface area contributed by atoms with E-state index in [1.165, 1.54) is 0 Å². The molecule has 0 atom stereocenters. The minimum absolute atomic E-state index is 0.334. The van der Waals surface area contributed by atoms with Crippen molar-refractivity contribution >= 4 is 22.0 Å². The van der Waals surface area contributed by atoms with Crippen LogP contribution in [0.25, 0.3) is 11.3 Å². The van der Waals surface area contributed by atoms with Gasteiger partial charge in [0.05, 0.1) is 24.3 Å². The highest BCUT2D eigenvalue weighted by Gasteiger charge is 2.16. The molecule has 1 heterocycles. The zero-order valence-electron chi connectivity index (χ0n) is 12.2. The second-order valence-electron chi connectivity index (χ2n) is 5.59. The van der Waals surface area contributed by atoms with E-state index in [-0.39, 0.29) is 0 Å². The van der Waals surface area contributed by atoms with Crippen LogP contribution in [0.1, 0.15) is 26.5 Å². The van der Waals surface area contributed by atoms with Gasteiger partial charge in [-0.1, -0.05) is 28.1 Å². The van der Waals surface area contributed by atoms with E-state index in [1.54, 1.807) is 6.33 Å². The first kappa shape index (κ1) is 15.6. The maximum Gasteiger partial charge on any atom is 0.407 e. The molecule has 0 aliphatic heterocycles. The van der Waals surface area contributed by atoms with E-state index in [0.29, 0.717) is 6.54 Å². The maximum absolute atomic E-state index is 11.7. The molecule has 6 heteroatoms. The summed E-state index contributed by atoms with van der Waals surface area (Å²) in [7, 11) is 0. The summed E-state index contributed by atoms with van der Waals surface area (Å²) in [6.07, 6.45) is 1.17. The number of imidazole rings is 1. The number of rotatable bonds is 3. The molecule has 0 fully saturated rings. The second kappa shape index (κ2) is 6.30. The molecule has 2 rings (SSSR count). The first-order chi connectivity index (χ1) is 9.85. The quantitative estimate of drug-likeness (QED) is 0.881. The topological polar surface area (TPSA) is 67.0 Å². The Balaban J connectivity index is 2.04. The summed E-state index contributed by atoms with van der Waals surface area (Å²) < 4.78 is 6.22. The first-order valence-electron chi connectivity index (χ1n) is 6.60. The fourth-order valence-corrected chi connectivity index (χ4v) is 2.05. The van der Waals surface area contributed by atoms with Gasteiger partial charge < -0.3 is 15.0 Å². The van der Waals surface area contributed by atoms with Gasteiger partial charge >= 0.3 is 6.09 Å². The highest BCUT2D eigenvalue weighted by molar-refractivity contribution is 9.10. The van der Waals surface area contributed by atoms with Gasteiger partial charge in [0.15, 0.2) is 0 Å². The summed E-state index contributed by atoms with van der Waals surface area (Å²) in [6.45, 7) is 5.82. The summed E-state index contributed by atoms with van der Waals surface area (Å²) in [5.74, 6) is 0. The van der Waals surface area contributed by atoms with Crippen molar-refractivity contribution in [3.05, 3.63) is 40.8 Å². The number of aromatic nitrogens is 2. The monoisotopic (exact) mass is 351 g/mol. The van der Waals surface area contributed by atoms with Crippen LogP contribution in [0.2, 0.25) is 0 Å². The Bertz CT molecular complexity index is 615. The number of nitrogens with zero attached hydrogens (tertiary/aromatic N) is 1. The van der Waals surface area contributed by atoms with Crippen molar-refractivity contribution in [1.29, 1.82) is 0 Å². The molecule has 2 N–H and O–H groups in total. The number of hydrogen-bond donors (Lipinski definition) is 2. The van der Waals surface area contributed by atoms with Gasteiger partial charge in [0.2, 0.25) is 0 Å². The molecule has 0 bridgehead atoms. The van der Waals surface area contributed by atoms with Crippen molar-refractivity contribution in [2.24, 2.45) is 0 Å². The van der Waals surface area contributed by atoms with Gasteiger partial charge in [-0.05, 0) is 32.9 Å². The summed E-state index contributed by atoms with van der Waals surface area (Å²) >= 11 is 3.40. The number of halogens is 1. The van der Waals surface area contributed by atoms with Crippen LogP contribution in [-0.2, 0) is 11.3 Å². The Morgan fingerprint density at radius 3 is 2.62 bits per heavy atom. The maximum atomic E-state index is 11.7. The number of benzene rings is 1. The Morgan fingerprint density at radius 2 is 2.00 bits per heavy atom. The van der Waals surface area contributed by atoms with Gasteiger partial charge in [0, 0.05) is 10.0 Å². The minimum Gasteiger partial charge on any atom is -0.444 e. The van der Waals surface area contributed by atoms with Crippen LogP contribution in [-0.4, -0.2) is 21.7 Å². The van der Waals surface area contributed by atoms with Crippen LogP contribution >= 0.6 is 15.9 Å². The fourth-order valence-electron chi connectivity index (χ4n) is 1.79. The average Bonchev–Trinajstić information content (AvgIpc) is 2.83. The summed E-state index contributed by atoms with van der Waals surface area (Å²) in [5, 5.41) is 2.72. The molecule has 21 heavy (non-hydrogen) atoms. The number of amides is 1. The molecule has 0 aliphatic rings. The van der Waals surface area contributed by atoms with Crippen LogP contribution in [0.5, 0.6) is 0 Å². The lowest BCUT2D eigenvalue weighted by molar-refractivity contribution is 0.0523. The largest absolute Gasteiger partial charge is 0.444 e. The third-order valence-corrected chi connectivity index (χ3v) is 3.17. The molecule has 0 spiro atoms. The molecule has 0 saturated carbocycles. The van der Waals surface area contributed by atoms with Crippen LogP contribution in [0.4, 0.5) is 4.79 Å². The van der Waals surface area contributed by atoms with E-state index in [4.69, 9.17) is 4.74 Å². The standard InChI is InChI=1S/C15H18BrN3O2/c1-15(2,3)21-14(20)17-8-12-13(19-9-18-12)10-4-6-11(16)7-5-10/h4-7,9H,8H2,1-3H3,(H,17,20)(H,18,19). The summed E-state index contributed by atoms with van der Waals surface area (Å²) in [5.41, 5.74) is 2.13. The molecule has 1 amide bonds. The van der Waals surface area contributed by atoms with E-state index in [9.17, 15) is 4.79 Å². The molecule has 1 aromatic carbocycles. The number of carbonyl (C=O) groups is 1. The molecule has 0 aliphatic carbocycles. The SMILES string of the molecule is CC(C)(C)OC(=O)NCc1[nH]cnc1-c1ccc(Br)cc1. The zero-order chi connectivity index (χ0) is 15.5. The van der Waals surface area contributed by atoms with Gasteiger partial charge in [0.25, 0.3) is 0 Å². The average molecular weight is 352 g/mol.